The molecule has 0 atom stereocenters. The summed E-state index contributed by atoms with van der Waals surface area (Å²) in [5.74, 6) is 0. The number of aryl methyl sites for hydroxylation is 1. The first-order valence-corrected chi connectivity index (χ1v) is 7.12. The van der Waals surface area contributed by atoms with Crippen molar-refractivity contribution in [3.8, 4) is 0 Å². The highest BCUT2D eigenvalue weighted by Crippen LogP contribution is 2.27. The van der Waals surface area contributed by atoms with E-state index in [9.17, 15) is 4.79 Å². The third-order valence-corrected chi connectivity index (χ3v) is 4.41. The first-order chi connectivity index (χ1) is 9.66. The van der Waals surface area contributed by atoms with Gasteiger partial charge in [-0.25, -0.2) is 4.98 Å². The Labute approximate surface area is 121 Å². The Bertz CT molecular complexity index is 1050. The summed E-state index contributed by atoms with van der Waals surface area (Å²) in [4.78, 5) is 21.8. The average molecular weight is 303 g/mol. The van der Waals surface area contributed by atoms with E-state index >= 15 is 0 Å². The highest BCUT2D eigenvalue weighted by molar-refractivity contribution is 7.14. The van der Waals surface area contributed by atoms with Gasteiger partial charge < -0.3 is 0 Å². The van der Waals surface area contributed by atoms with Crippen LogP contribution in [0.1, 0.15) is 5.56 Å². The zero-order chi connectivity index (χ0) is 13.9. The van der Waals surface area contributed by atoms with Crippen molar-refractivity contribution >= 4 is 49.7 Å². The topological polar surface area (TPSA) is 60.2 Å². The minimum absolute atomic E-state index is 0.201. The predicted octanol–water partition coefficient (Wildman–Crippen LogP) is 2.81. The van der Waals surface area contributed by atoms with Gasteiger partial charge in [0, 0.05) is 16.6 Å². The van der Waals surface area contributed by atoms with Gasteiger partial charge in [-0.1, -0.05) is 22.9 Å². The van der Waals surface area contributed by atoms with Crippen molar-refractivity contribution in [1.29, 1.82) is 0 Å². The van der Waals surface area contributed by atoms with Crippen LogP contribution in [0.25, 0.3) is 26.8 Å². The van der Waals surface area contributed by atoms with E-state index < -0.39 is 0 Å². The predicted molar refractivity (Wildman–Crippen MR) is 79.7 cm³/mol. The number of benzene rings is 1. The smallest absolute Gasteiger partial charge is 0.266 e. The second kappa shape index (κ2) is 3.97. The van der Waals surface area contributed by atoms with Crippen LogP contribution in [0, 0.1) is 6.92 Å². The molecule has 0 fully saturated rings. The van der Waals surface area contributed by atoms with E-state index in [0.29, 0.717) is 20.9 Å². The van der Waals surface area contributed by atoms with E-state index in [1.54, 1.807) is 17.8 Å². The van der Waals surface area contributed by atoms with Crippen LogP contribution in [0.5, 0.6) is 0 Å². The van der Waals surface area contributed by atoms with Gasteiger partial charge in [0.05, 0.1) is 16.4 Å². The normalized spacial score (nSPS) is 11.7. The van der Waals surface area contributed by atoms with Gasteiger partial charge >= 0.3 is 0 Å². The lowest BCUT2D eigenvalue weighted by atomic mass is 10.1. The minimum Gasteiger partial charge on any atom is -0.266 e. The van der Waals surface area contributed by atoms with Gasteiger partial charge in [-0.15, -0.1) is 0 Å². The molecule has 0 unspecified atom stereocenters. The monoisotopic (exact) mass is 302 g/mol. The largest absolute Gasteiger partial charge is 0.284 e. The first-order valence-electron chi connectivity index (χ1n) is 5.87. The maximum atomic E-state index is 12.3. The molecule has 3 aromatic heterocycles. The molecule has 0 spiro atoms. The van der Waals surface area contributed by atoms with Gasteiger partial charge in [-0.05, 0) is 24.6 Å². The van der Waals surface area contributed by atoms with Crippen LogP contribution < -0.4 is 5.56 Å². The number of nitrogens with zero attached hydrogens (tertiary/aromatic N) is 4. The summed E-state index contributed by atoms with van der Waals surface area (Å²) in [6, 6.07) is 3.65. The number of hydrogen-bond donors (Lipinski definition) is 0. The van der Waals surface area contributed by atoms with Gasteiger partial charge in [0.15, 0.2) is 0 Å². The lowest BCUT2D eigenvalue weighted by Gasteiger charge is -2.06. The Kier molecular flexibility index (Phi) is 2.33. The van der Waals surface area contributed by atoms with Crippen molar-refractivity contribution in [2.75, 3.05) is 0 Å². The molecule has 20 heavy (non-hydrogen) atoms. The molecule has 0 radical (unpaired) electrons. The maximum Gasteiger partial charge on any atom is 0.284 e. The molecule has 5 nitrogen and oxygen atoms in total. The standard InChI is InChI=1S/C13H7ClN4OS/c1-6-9(14)3-2-7-10(6)15-4-8-11(7)17-13-18(12(8)19)16-5-20-13/h2-5H,1H3. The molecular formula is C13H7ClN4OS. The average Bonchev–Trinajstić information content (AvgIpc) is 2.91. The lowest BCUT2D eigenvalue weighted by Crippen LogP contribution is -2.15. The van der Waals surface area contributed by atoms with Gasteiger partial charge in [0.25, 0.3) is 5.56 Å². The Morgan fingerprint density at radius 2 is 2.10 bits per heavy atom. The zero-order valence-electron chi connectivity index (χ0n) is 10.3. The molecule has 4 rings (SSSR count). The Morgan fingerprint density at radius 1 is 1.25 bits per heavy atom. The number of halogens is 1. The van der Waals surface area contributed by atoms with E-state index in [-0.39, 0.29) is 5.56 Å². The molecular weight excluding hydrogens is 296 g/mol. The second-order valence-corrected chi connectivity index (χ2v) is 5.66. The Balaban J connectivity index is 2.33. The molecule has 7 heteroatoms. The quantitative estimate of drug-likeness (QED) is 0.469. The van der Waals surface area contributed by atoms with Crippen LogP contribution in [0.2, 0.25) is 5.02 Å². The third kappa shape index (κ3) is 1.43. The fourth-order valence-corrected chi connectivity index (χ4v) is 3.05. The third-order valence-electron chi connectivity index (χ3n) is 3.33. The van der Waals surface area contributed by atoms with Crippen molar-refractivity contribution in [2.45, 2.75) is 6.92 Å². The van der Waals surface area contributed by atoms with Crippen LogP contribution >= 0.6 is 22.9 Å². The van der Waals surface area contributed by atoms with Gasteiger partial charge in [-0.2, -0.15) is 9.61 Å². The number of fused-ring (bicyclic) bond motifs is 4. The highest BCUT2D eigenvalue weighted by atomic mass is 35.5. The summed E-state index contributed by atoms with van der Waals surface area (Å²) < 4.78 is 1.29. The van der Waals surface area contributed by atoms with Crippen LogP contribution in [0.15, 0.2) is 28.6 Å². The summed E-state index contributed by atoms with van der Waals surface area (Å²) in [6.45, 7) is 1.90. The van der Waals surface area contributed by atoms with Crippen molar-refractivity contribution in [2.24, 2.45) is 0 Å². The minimum atomic E-state index is -0.201. The van der Waals surface area contributed by atoms with Crippen LogP contribution in [0.3, 0.4) is 0 Å². The summed E-state index contributed by atoms with van der Waals surface area (Å²) >= 11 is 7.44. The molecule has 0 aliphatic carbocycles. The van der Waals surface area contributed by atoms with Crippen LogP contribution in [-0.2, 0) is 0 Å². The van der Waals surface area contributed by atoms with Gasteiger partial charge in [0.1, 0.15) is 5.51 Å². The number of rotatable bonds is 0. The van der Waals surface area contributed by atoms with Gasteiger partial charge in [0.2, 0.25) is 4.96 Å². The van der Waals surface area contributed by atoms with E-state index in [1.165, 1.54) is 15.9 Å². The maximum absolute atomic E-state index is 12.3. The van der Waals surface area contributed by atoms with Crippen molar-refractivity contribution < 1.29 is 0 Å². The fraction of sp³-hybridized carbons (Fsp3) is 0.0769. The van der Waals surface area contributed by atoms with Crippen LogP contribution in [0.4, 0.5) is 0 Å². The molecule has 0 bridgehead atoms. The number of hydrogen-bond acceptors (Lipinski definition) is 5. The first kappa shape index (κ1) is 11.7. The summed E-state index contributed by atoms with van der Waals surface area (Å²) in [5.41, 5.74) is 3.70. The molecule has 98 valence electrons. The highest BCUT2D eigenvalue weighted by Gasteiger charge is 2.13. The molecule has 0 amide bonds. The number of aromatic nitrogens is 4. The van der Waals surface area contributed by atoms with E-state index in [2.05, 4.69) is 15.1 Å². The van der Waals surface area contributed by atoms with Gasteiger partial charge in [-0.3, -0.25) is 9.78 Å². The molecule has 0 aliphatic rings. The molecule has 0 aliphatic heterocycles. The molecule has 1 aromatic carbocycles. The Morgan fingerprint density at radius 3 is 2.95 bits per heavy atom. The van der Waals surface area contributed by atoms with Crippen molar-refractivity contribution in [1.82, 2.24) is 19.6 Å². The molecule has 0 saturated carbocycles. The Hall–Kier alpha value is -2.05. The summed E-state index contributed by atoms with van der Waals surface area (Å²) in [7, 11) is 0. The summed E-state index contributed by atoms with van der Waals surface area (Å²) in [5, 5.41) is 5.94. The fourth-order valence-electron chi connectivity index (χ4n) is 2.29. The van der Waals surface area contributed by atoms with E-state index in [1.807, 2.05) is 13.0 Å². The van der Waals surface area contributed by atoms with Crippen LogP contribution in [-0.4, -0.2) is 19.6 Å². The second-order valence-electron chi connectivity index (χ2n) is 4.44. The lowest BCUT2D eigenvalue weighted by molar-refractivity contribution is 0.915. The zero-order valence-corrected chi connectivity index (χ0v) is 11.9. The van der Waals surface area contributed by atoms with E-state index in [0.717, 1.165) is 16.5 Å². The molecule has 3 heterocycles. The van der Waals surface area contributed by atoms with E-state index in [4.69, 9.17) is 11.6 Å². The van der Waals surface area contributed by atoms with Crippen molar-refractivity contribution in [3.05, 3.63) is 44.8 Å². The molecule has 0 N–H and O–H groups in total. The van der Waals surface area contributed by atoms with Crippen molar-refractivity contribution in [3.63, 3.8) is 0 Å². The molecule has 0 saturated heterocycles. The summed E-state index contributed by atoms with van der Waals surface area (Å²) in [6.07, 6.45) is 1.54. The SMILES string of the molecule is Cc1c(Cl)ccc2c1ncc1c(=O)n3ncsc3nc12. The molecule has 4 aromatic rings. The number of pyridine rings is 1.